The molecule has 0 aliphatic carbocycles. The number of likely N-dealkylation sites (tertiary alicyclic amines) is 1. The number of rotatable bonds is 4. The Labute approximate surface area is 275 Å². The first-order valence-corrected chi connectivity index (χ1v) is 15.7. The Morgan fingerprint density at radius 1 is 1.02 bits per heavy atom. The third-order valence-corrected chi connectivity index (χ3v) is 7.44. The zero-order valence-electron chi connectivity index (χ0n) is 28.0. The Kier molecular flexibility index (Phi) is 12.2. The highest BCUT2D eigenvalue weighted by Gasteiger charge is 2.45. The number of carbonyl (C=O) groups is 2. The number of benzene rings is 2. The summed E-state index contributed by atoms with van der Waals surface area (Å²) in [6.45, 7) is 14.5. The molecular weight excluding hydrogens is 643 g/mol. The van der Waals surface area contributed by atoms with Crippen molar-refractivity contribution in [2.45, 2.75) is 91.1 Å². The number of ether oxygens (including phenoxy) is 3. The van der Waals surface area contributed by atoms with E-state index in [9.17, 15) is 36.3 Å². The number of piperidine rings is 1. The van der Waals surface area contributed by atoms with Gasteiger partial charge in [-0.15, -0.1) is 0 Å². The zero-order chi connectivity index (χ0) is 36.0. The summed E-state index contributed by atoms with van der Waals surface area (Å²) in [4.78, 5) is 43.1. The summed E-state index contributed by atoms with van der Waals surface area (Å²) in [6, 6.07) is 4.77. The number of hydrogen-bond donors (Lipinski definition) is 1. The van der Waals surface area contributed by atoms with E-state index < -0.39 is 58.0 Å². The number of amides is 2. The van der Waals surface area contributed by atoms with Crippen LogP contribution in [0.1, 0.15) is 73.8 Å². The van der Waals surface area contributed by atoms with Crippen LogP contribution in [0, 0.1) is 11.6 Å². The van der Waals surface area contributed by atoms with E-state index in [1.807, 2.05) is 27.7 Å². The van der Waals surface area contributed by atoms with Crippen molar-refractivity contribution >= 4 is 28.6 Å². The monoisotopic (exact) mass is 684 g/mol. The Bertz CT molecular complexity index is 1660. The molecular formula is C33H41F5N4O6. The van der Waals surface area contributed by atoms with Crippen LogP contribution >= 0.6 is 0 Å². The standard InChI is InChI=1S/C29H29F5N4O6.2C2H6/c1-27(2,3)44-26(41)37-10-8-28(9-11-37)13-16(14-42-28)38-15-35-20-6-4-17(12-18(20)24(38)39)43-23-19(30)5-7-21(22(23)31)36-25(40)29(32,33)34;2*1-2/h4-7,12,15-16H,8-11,13-14H2,1-3H3,(H,36,40);2*1-2H3. The molecule has 10 nitrogen and oxygen atoms in total. The first kappa shape index (κ1) is 38.2. The normalized spacial score (nSPS) is 17.2. The molecule has 3 heterocycles. The lowest BCUT2D eigenvalue weighted by molar-refractivity contribution is -0.167. The number of alkyl halides is 3. The van der Waals surface area contributed by atoms with E-state index in [1.165, 1.54) is 34.4 Å². The topological polar surface area (TPSA) is 112 Å². The van der Waals surface area contributed by atoms with Gasteiger partial charge in [0.25, 0.3) is 5.56 Å². The first-order valence-electron chi connectivity index (χ1n) is 15.7. The lowest BCUT2D eigenvalue weighted by Gasteiger charge is -2.39. The van der Waals surface area contributed by atoms with Crippen molar-refractivity contribution in [3.05, 3.63) is 58.6 Å². The molecule has 2 aliphatic rings. The van der Waals surface area contributed by atoms with Crippen molar-refractivity contribution in [1.82, 2.24) is 14.5 Å². The Morgan fingerprint density at radius 2 is 1.67 bits per heavy atom. The second-order valence-electron chi connectivity index (χ2n) is 11.7. The molecule has 1 atom stereocenters. The third kappa shape index (κ3) is 8.79. The molecule has 5 rings (SSSR count). The quantitative estimate of drug-likeness (QED) is 0.280. The van der Waals surface area contributed by atoms with E-state index in [0.29, 0.717) is 44.5 Å². The summed E-state index contributed by atoms with van der Waals surface area (Å²) in [5.74, 6) is -6.53. The smallest absolute Gasteiger partial charge is 0.451 e. The van der Waals surface area contributed by atoms with Crippen molar-refractivity contribution in [1.29, 1.82) is 0 Å². The molecule has 1 N–H and O–H groups in total. The van der Waals surface area contributed by atoms with Gasteiger partial charge in [-0.3, -0.25) is 14.2 Å². The zero-order valence-corrected chi connectivity index (χ0v) is 28.0. The molecule has 264 valence electrons. The Balaban J connectivity index is 0.00000151. The summed E-state index contributed by atoms with van der Waals surface area (Å²) < 4.78 is 85.5. The van der Waals surface area contributed by atoms with Gasteiger partial charge in [-0.25, -0.2) is 18.6 Å². The lowest BCUT2D eigenvalue weighted by Crippen LogP contribution is -2.48. The van der Waals surface area contributed by atoms with Crippen LogP contribution in [-0.2, 0) is 14.3 Å². The van der Waals surface area contributed by atoms with Crippen LogP contribution in [0.5, 0.6) is 11.5 Å². The summed E-state index contributed by atoms with van der Waals surface area (Å²) >= 11 is 0. The fraction of sp³-hybridized carbons (Fsp3) is 0.515. The fourth-order valence-corrected chi connectivity index (χ4v) is 5.24. The van der Waals surface area contributed by atoms with Gasteiger partial charge in [-0.2, -0.15) is 13.2 Å². The number of halogens is 5. The van der Waals surface area contributed by atoms with Gasteiger partial charge in [0.15, 0.2) is 11.6 Å². The molecule has 1 aromatic heterocycles. The van der Waals surface area contributed by atoms with Crippen LogP contribution in [0.25, 0.3) is 10.9 Å². The number of aromatic nitrogens is 2. The minimum absolute atomic E-state index is 0.0630. The second-order valence-corrected chi connectivity index (χ2v) is 11.7. The summed E-state index contributed by atoms with van der Waals surface area (Å²) in [5.41, 5.74) is -2.30. The molecule has 15 heteroatoms. The molecule has 2 saturated heterocycles. The van der Waals surface area contributed by atoms with Gasteiger partial charge >= 0.3 is 18.2 Å². The molecule has 0 bridgehead atoms. The van der Waals surface area contributed by atoms with Crippen molar-refractivity contribution in [3.63, 3.8) is 0 Å². The van der Waals surface area contributed by atoms with Gasteiger partial charge in [0.05, 0.1) is 41.2 Å². The highest BCUT2D eigenvalue weighted by atomic mass is 19.4. The van der Waals surface area contributed by atoms with Gasteiger partial charge in [-0.05, 0) is 70.4 Å². The molecule has 2 aromatic carbocycles. The molecule has 48 heavy (non-hydrogen) atoms. The van der Waals surface area contributed by atoms with Crippen LogP contribution in [0.15, 0.2) is 41.5 Å². The lowest BCUT2D eigenvalue weighted by atomic mass is 9.87. The minimum Gasteiger partial charge on any atom is -0.451 e. The van der Waals surface area contributed by atoms with Crippen LogP contribution in [-0.4, -0.2) is 63.5 Å². The van der Waals surface area contributed by atoms with E-state index in [1.54, 1.807) is 25.7 Å². The van der Waals surface area contributed by atoms with Crippen LogP contribution < -0.4 is 15.6 Å². The van der Waals surface area contributed by atoms with Gasteiger partial charge in [0.1, 0.15) is 11.4 Å². The minimum atomic E-state index is -5.30. The molecule has 2 aliphatic heterocycles. The maximum atomic E-state index is 14.9. The third-order valence-electron chi connectivity index (χ3n) is 7.44. The highest BCUT2D eigenvalue weighted by molar-refractivity contribution is 5.95. The fourth-order valence-electron chi connectivity index (χ4n) is 5.24. The predicted molar refractivity (Wildman–Crippen MR) is 169 cm³/mol. The van der Waals surface area contributed by atoms with Gasteiger partial charge < -0.3 is 24.4 Å². The summed E-state index contributed by atoms with van der Waals surface area (Å²) in [5, 5.41) is 1.40. The average Bonchev–Trinajstić information content (AvgIpc) is 3.44. The Hall–Kier alpha value is -4.27. The van der Waals surface area contributed by atoms with E-state index >= 15 is 0 Å². The SMILES string of the molecule is CC.CC.CC(C)(C)OC(=O)N1CCC2(CC1)CC(n1cnc3ccc(Oc4c(F)ccc(NC(=O)C(F)(F)F)c4F)cc3c1=O)CO2. The largest absolute Gasteiger partial charge is 0.471 e. The molecule has 0 saturated carbocycles. The number of nitrogens with zero attached hydrogens (tertiary/aromatic N) is 3. The molecule has 1 spiro atoms. The van der Waals surface area contributed by atoms with Crippen molar-refractivity contribution in [3.8, 4) is 11.5 Å². The molecule has 2 fully saturated rings. The number of hydrogen-bond acceptors (Lipinski definition) is 7. The van der Waals surface area contributed by atoms with E-state index in [2.05, 4.69) is 4.98 Å². The van der Waals surface area contributed by atoms with Crippen LogP contribution in [0.4, 0.5) is 32.4 Å². The van der Waals surface area contributed by atoms with Gasteiger partial charge in [-0.1, -0.05) is 27.7 Å². The van der Waals surface area contributed by atoms with Crippen molar-refractivity contribution < 1.29 is 45.8 Å². The van der Waals surface area contributed by atoms with Gasteiger partial charge in [0.2, 0.25) is 5.75 Å². The second kappa shape index (κ2) is 15.3. The Morgan fingerprint density at radius 3 is 2.27 bits per heavy atom. The summed E-state index contributed by atoms with van der Waals surface area (Å²) in [6.07, 6.45) is -2.71. The first-order chi connectivity index (χ1) is 22.6. The van der Waals surface area contributed by atoms with E-state index in [4.69, 9.17) is 14.2 Å². The van der Waals surface area contributed by atoms with Crippen LogP contribution in [0.3, 0.4) is 0 Å². The van der Waals surface area contributed by atoms with E-state index in [-0.39, 0.29) is 29.3 Å². The predicted octanol–water partition coefficient (Wildman–Crippen LogP) is 7.75. The number of carbonyl (C=O) groups excluding carboxylic acids is 2. The molecule has 1 unspecified atom stereocenters. The van der Waals surface area contributed by atoms with E-state index in [0.717, 1.165) is 0 Å². The maximum Gasteiger partial charge on any atom is 0.471 e. The molecule has 2 amide bonds. The van der Waals surface area contributed by atoms with Gasteiger partial charge in [0, 0.05) is 13.1 Å². The highest BCUT2D eigenvalue weighted by Crippen LogP contribution is 2.41. The maximum absolute atomic E-state index is 14.9. The summed E-state index contributed by atoms with van der Waals surface area (Å²) in [7, 11) is 0. The molecule has 0 radical (unpaired) electrons. The molecule has 3 aromatic rings. The average molecular weight is 685 g/mol. The van der Waals surface area contributed by atoms with Crippen LogP contribution in [0.2, 0.25) is 0 Å². The number of nitrogens with one attached hydrogen (secondary N) is 1. The number of anilines is 1. The van der Waals surface area contributed by atoms with Crippen molar-refractivity contribution in [2.24, 2.45) is 0 Å². The van der Waals surface area contributed by atoms with Crippen molar-refractivity contribution in [2.75, 3.05) is 25.0 Å². The number of fused-ring (bicyclic) bond motifs is 1.